The molecule has 26 heavy (non-hydrogen) atoms. The highest BCUT2D eigenvalue weighted by Crippen LogP contribution is 2.30. The van der Waals surface area contributed by atoms with E-state index in [0.29, 0.717) is 22.9 Å². The summed E-state index contributed by atoms with van der Waals surface area (Å²) >= 11 is 1.31. The summed E-state index contributed by atoms with van der Waals surface area (Å²) in [5.74, 6) is 0.0557. The Kier molecular flexibility index (Phi) is 5.80. The van der Waals surface area contributed by atoms with E-state index in [2.05, 4.69) is 4.98 Å². The average Bonchev–Trinajstić information content (AvgIpc) is 3.06. The molecule has 136 valence electrons. The van der Waals surface area contributed by atoms with E-state index in [9.17, 15) is 9.18 Å². The number of carbonyl (C=O) groups excluding carboxylic acids is 1. The second-order valence-corrected chi connectivity index (χ2v) is 7.20. The van der Waals surface area contributed by atoms with Crippen molar-refractivity contribution in [2.75, 3.05) is 38.7 Å². The van der Waals surface area contributed by atoms with Crippen LogP contribution in [0.25, 0.3) is 10.2 Å². The number of benzene rings is 2. The average molecular weight is 374 g/mol. The zero-order valence-electron chi connectivity index (χ0n) is 14.7. The molecule has 0 aliphatic rings. The highest BCUT2D eigenvalue weighted by molar-refractivity contribution is 7.22. The maximum atomic E-state index is 14.0. The molecule has 7 heteroatoms. The van der Waals surface area contributed by atoms with Crippen molar-refractivity contribution in [3.8, 4) is 5.75 Å². The lowest BCUT2D eigenvalue weighted by Crippen LogP contribution is -3.06. The molecule has 1 aromatic heterocycles. The quantitative estimate of drug-likeness (QED) is 0.688. The molecule has 3 aromatic rings. The predicted octanol–water partition coefficient (Wildman–Crippen LogP) is 1.99. The number of carbonyl (C=O) groups is 1. The Bertz CT molecular complexity index is 883. The Hall–Kier alpha value is -2.51. The summed E-state index contributed by atoms with van der Waals surface area (Å²) in [5, 5.41) is 0.494. The van der Waals surface area contributed by atoms with Crippen molar-refractivity contribution in [1.29, 1.82) is 0 Å². The van der Waals surface area contributed by atoms with E-state index in [1.54, 1.807) is 29.2 Å². The summed E-state index contributed by atoms with van der Waals surface area (Å²) in [6, 6.07) is 14.0. The zero-order chi connectivity index (χ0) is 18.5. The van der Waals surface area contributed by atoms with Gasteiger partial charge < -0.3 is 9.64 Å². The molecule has 0 aliphatic heterocycles. The maximum absolute atomic E-state index is 14.0. The summed E-state index contributed by atoms with van der Waals surface area (Å²) in [6.45, 7) is 1.14. The number of anilines is 1. The number of hydrogen-bond acceptors (Lipinski definition) is 4. The van der Waals surface area contributed by atoms with Gasteiger partial charge in [0.15, 0.2) is 11.7 Å². The molecule has 3 rings (SSSR count). The molecule has 0 saturated carbocycles. The van der Waals surface area contributed by atoms with Gasteiger partial charge in [-0.15, -0.1) is 0 Å². The Morgan fingerprint density at radius 2 is 1.96 bits per heavy atom. The highest BCUT2D eigenvalue weighted by Gasteiger charge is 2.22. The van der Waals surface area contributed by atoms with Crippen LogP contribution in [0.4, 0.5) is 9.52 Å². The molecule has 1 amide bonds. The number of quaternary nitrogens is 1. The molecule has 5 nitrogen and oxygen atoms in total. The molecule has 2 aromatic carbocycles. The lowest BCUT2D eigenvalue weighted by molar-refractivity contribution is -0.856. The number of hydrogen-bond donors (Lipinski definition) is 1. The molecular weight excluding hydrogens is 353 g/mol. The number of aromatic nitrogens is 1. The molecule has 0 aliphatic carbocycles. The van der Waals surface area contributed by atoms with Gasteiger partial charge in [0.25, 0.3) is 5.91 Å². The van der Waals surface area contributed by atoms with Crippen molar-refractivity contribution >= 4 is 32.6 Å². The van der Waals surface area contributed by atoms with Crippen molar-refractivity contribution in [3.63, 3.8) is 0 Å². The van der Waals surface area contributed by atoms with Gasteiger partial charge in [0.2, 0.25) is 0 Å². The molecule has 0 radical (unpaired) electrons. The molecule has 1 heterocycles. The summed E-state index contributed by atoms with van der Waals surface area (Å²) in [5.41, 5.74) is 0.298. The van der Waals surface area contributed by atoms with Crippen LogP contribution >= 0.6 is 11.3 Å². The number of ether oxygens (including phenoxy) is 1. The van der Waals surface area contributed by atoms with Crippen LogP contribution in [0.2, 0.25) is 0 Å². The van der Waals surface area contributed by atoms with E-state index in [4.69, 9.17) is 4.74 Å². The van der Waals surface area contributed by atoms with E-state index in [0.717, 1.165) is 11.2 Å². The number of nitrogens with zero attached hydrogens (tertiary/aromatic N) is 2. The van der Waals surface area contributed by atoms with Crippen molar-refractivity contribution in [2.45, 2.75) is 0 Å². The number of likely N-dealkylation sites (N-methyl/N-ethyl adjacent to an activating group) is 1. The fraction of sp³-hybridized carbons (Fsp3) is 0.263. The number of para-hydroxylation sites is 2. The Labute approximate surface area is 155 Å². The second kappa shape index (κ2) is 8.25. The normalized spacial score (nSPS) is 11.1. The first-order valence-electron chi connectivity index (χ1n) is 8.37. The largest absolute Gasteiger partial charge is 0.484 e. The van der Waals surface area contributed by atoms with Crippen molar-refractivity contribution in [3.05, 3.63) is 54.3 Å². The summed E-state index contributed by atoms with van der Waals surface area (Å²) in [4.78, 5) is 19.9. The standard InChI is InChI=1S/C19H20FN3O2S/c1-22(2)11-12-23(17(24)13-25-14-7-4-3-5-8-14)19-21-18-15(20)9-6-10-16(18)26-19/h3-10H,11-13H2,1-2H3/p+1. The monoisotopic (exact) mass is 374 g/mol. The number of fused-ring (bicyclic) bond motifs is 1. The van der Waals surface area contributed by atoms with E-state index in [-0.39, 0.29) is 18.3 Å². The zero-order valence-corrected chi connectivity index (χ0v) is 15.6. The Balaban J connectivity index is 1.81. The maximum Gasteiger partial charge on any atom is 0.266 e. The van der Waals surface area contributed by atoms with Crippen LogP contribution in [0.5, 0.6) is 5.75 Å². The number of rotatable bonds is 7. The molecular formula is C19H21FN3O2S+. The van der Waals surface area contributed by atoms with Gasteiger partial charge in [-0.1, -0.05) is 35.6 Å². The van der Waals surface area contributed by atoms with Crippen LogP contribution in [-0.4, -0.2) is 44.7 Å². The first-order chi connectivity index (χ1) is 12.5. The first-order valence-corrected chi connectivity index (χ1v) is 9.18. The van der Waals surface area contributed by atoms with Gasteiger partial charge in [-0.3, -0.25) is 9.69 Å². The lowest BCUT2D eigenvalue weighted by atomic mass is 10.3. The number of nitrogens with one attached hydrogen (secondary N) is 1. The number of halogens is 1. The fourth-order valence-electron chi connectivity index (χ4n) is 2.42. The second-order valence-electron chi connectivity index (χ2n) is 6.19. The fourth-order valence-corrected chi connectivity index (χ4v) is 3.44. The van der Waals surface area contributed by atoms with Gasteiger partial charge in [0.05, 0.1) is 31.9 Å². The first kappa shape index (κ1) is 18.3. The Morgan fingerprint density at radius 3 is 2.65 bits per heavy atom. The van der Waals surface area contributed by atoms with Gasteiger partial charge in [0.1, 0.15) is 17.1 Å². The number of amides is 1. The lowest BCUT2D eigenvalue weighted by Gasteiger charge is -2.20. The van der Waals surface area contributed by atoms with Crippen LogP contribution in [0.15, 0.2) is 48.5 Å². The summed E-state index contributed by atoms with van der Waals surface area (Å²) < 4.78 is 20.3. The van der Waals surface area contributed by atoms with Gasteiger partial charge in [-0.25, -0.2) is 9.37 Å². The summed E-state index contributed by atoms with van der Waals surface area (Å²) in [6.07, 6.45) is 0. The SMILES string of the molecule is C[NH+](C)CCN(C(=O)COc1ccccc1)c1nc2c(F)cccc2s1. The van der Waals surface area contributed by atoms with Crippen LogP contribution in [0.1, 0.15) is 0 Å². The van der Waals surface area contributed by atoms with Crippen LogP contribution < -0.4 is 14.5 Å². The molecule has 0 unspecified atom stereocenters. The minimum atomic E-state index is -0.379. The topological polar surface area (TPSA) is 46.9 Å². The molecule has 0 fully saturated rings. The van der Waals surface area contributed by atoms with Crippen molar-refractivity contribution in [1.82, 2.24) is 4.98 Å². The number of thiazole rings is 1. The molecule has 0 spiro atoms. The molecule has 0 bridgehead atoms. The minimum absolute atomic E-state index is 0.0921. The van der Waals surface area contributed by atoms with Gasteiger partial charge in [-0.2, -0.15) is 0 Å². The van der Waals surface area contributed by atoms with E-state index in [1.165, 1.54) is 22.3 Å². The van der Waals surface area contributed by atoms with Crippen molar-refractivity contribution < 1.29 is 18.8 Å². The smallest absolute Gasteiger partial charge is 0.266 e. The van der Waals surface area contributed by atoms with E-state index in [1.807, 2.05) is 32.3 Å². The predicted molar refractivity (Wildman–Crippen MR) is 102 cm³/mol. The third kappa shape index (κ3) is 4.36. The van der Waals surface area contributed by atoms with E-state index < -0.39 is 0 Å². The third-order valence-electron chi connectivity index (χ3n) is 3.83. The molecule has 0 atom stereocenters. The van der Waals surface area contributed by atoms with Gasteiger partial charge in [0, 0.05) is 0 Å². The van der Waals surface area contributed by atoms with Gasteiger partial charge >= 0.3 is 0 Å². The Morgan fingerprint density at radius 1 is 1.19 bits per heavy atom. The van der Waals surface area contributed by atoms with Crippen molar-refractivity contribution in [2.24, 2.45) is 0 Å². The van der Waals surface area contributed by atoms with Crippen LogP contribution in [0.3, 0.4) is 0 Å². The highest BCUT2D eigenvalue weighted by atomic mass is 32.1. The minimum Gasteiger partial charge on any atom is -0.484 e. The summed E-state index contributed by atoms with van der Waals surface area (Å²) in [7, 11) is 4.03. The molecule has 1 N–H and O–H groups in total. The van der Waals surface area contributed by atoms with E-state index >= 15 is 0 Å². The van der Waals surface area contributed by atoms with Crippen LogP contribution in [-0.2, 0) is 4.79 Å². The third-order valence-corrected chi connectivity index (χ3v) is 4.87. The van der Waals surface area contributed by atoms with Gasteiger partial charge in [-0.05, 0) is 24.3 Å². The molecule has 0 saturated heterocycles. The van der Waals surface area contributed by atoms with Crippen LogP contribution in [0, 0.1) is 5.82 Å².